The van der Waals surface area contributed by atoms with Crippen LogP contribution in [0, 0.1) is 0 Å². The van der Waals surface area contributed by atoms with Crippen molar-refractivity contribution in [1.82, 2.24) is 9.55 Å². The van der Waals surface area contributed by atoms with Crippen molar-refractivity contribution < 1.29 is 4.74 Å². The zero-order valence-corrected chi connectivity index (χ0v) is 12.4. The van der Waals surface area contributed by atoms with E-state index in [2.05, 4.69) is 15.6 Å². The van der Waals surface area contributed by atoms with Crippen molar-refractivity contribution in [3.05, 3.63) is 30.1 Å². The molecule has 0 aliphatic rings. The molecule has 1 unspecified atom stereocenters. The van der Waals surface area contributed by atoms with Crippen molar-refractivity contribution in [3.63, 3.8) is 0 Å². The summed E-state index contributed by atoms with van der Waals surface area (Å²) in [4.78, 5) is 4.63. The molecule has 1 aromatic heterocycles. The third kappa shape index (κ3) is 3.48. The van der Waals surface area contributed by atoms with E-state index >= 15 is 0 Å². The van der Waals surface area contributed by atoms with Gasteiger partial charge in [-0.15, -0.1) is 11.6 Å². The summed E-state index contributed by atoms with van der Waals surface area (Å²) in [5.74, 6) is 0.967. The molecule has 2 aromatic rings. The quantitative estimate of drug-likeness (QED) is 0.563. The second-order valence-electron chi connectivity index (χ2n) is 4.78. The Bertz CT molecular complexity index is 522. The Balaban J connectivity index is 2.13. The third-order valence-electron chi connectivity index (χ3n) is 3.27. The van der Waals surface area contributed by atoms with E-state index in [1.807, 2.05) is 25.1 Å². The fourth-order valence-corrected chi connectivity index (χ4v) is 2.49. The number of rotatable bonds is 7. The van der Waals surface area contributed by atoms with Gasteiger partial charge in [-0.25, -0.2) is 4.98 Å². The molecule has 0 amide bonds. The van der Waals surface area contributed by atoms with Crippen LogP contribution < -0.4 is 0 Å². The third-order valence-corrected chi connectivity index (χ3v) is 3.47. The van der Waals surface area contributed by atoms with Gasteiger partial charge in [0.1, 0.15) is 5.82 Å². The average Bonchev–Trinajstić information content (AvgIpc) is 2.78. The second kappa shape index (κ2) is 6.92. The molecule has 0 fully saturated rings. The van der Waals surface area contributed by atoms with Crippen molar-refractivity contribution in [3.8, 4) is 0 Å². The van der Waals surface area contributed by atoms with Gasteiger partial charge in [-0.1, -0.05) is 12.1 Å². The maximum atomic E-state index is 6.24. The molecule has 1 heterocycles. The minimum absolute atomic E-state index is 0.0635. The molecule has 0 radical (unpaired) electrons. The molecule has 1 atom stereocenters. The predicted octanol–water partition coefficient (Wildman–Crippen LogP) is 4.15. The Hall–Kier alpha value is -1.06. The number of aryl methyl sites for hydroxylation is 1. The van der Waals surface area contributed by atoms with Gasteiger partial charge in [0, 0.05) is 20.3 Å². The van der Waals surface area contributed by atoms with Crippen molar-refractivity contribution in [2.75, 3.05) is 13.7 Å². The number of aromatic nitrogens is 2. The number of hydrogen-bond donors (Lipinski definition) is 0. The standard InChI is InChI=1S/C15H21ClN2O/c1-12(16)15-17-13-8-4-5-9-14(13)18(15)10-6-3-7-11-19-2/h4-5,8-9,12H,3,6-7,10-11H2,1-2H3. The molecule has 0 bridgehead atoms. The number of para-hydroxylation sites is 2. The number of ether oxygens (including phenoxy) is 1. The number of methoxy groups -OCH3 is 1. The first kappa shape index (κ1) is 14.4. The highest BCUT2D eigenvalue weighted by molar-refractivity contribution is 6.20. The Morgan fingerprint density at radius 1 is 1.26 bits per heavy atom. The molecule has 2 rings (SSSR count). The van der Waals surface area contributed by atoms with Crippen LogP contribution in [0.1, 0.15) is 37.4 Å². The number of alkyl halides is 1. The summed E-state index contributed by atoms with van der Waals surface area (Å²) in [5.41, 5.74) is 2.21. The van der Waals surface area contributed by atoms with Crippen LogP contribution in [0.3, 0.4) is 0 Å². The molecule has 3 nitrogen and oxygen atoms in total. The van der Waals surface area contributed by atoms with Gasteiger partial charge in [0.25, 0.3) is 0 Å². The summed E-state index contributed by atoms with van der Waals surface area (Å²) in [7, 11) is 1.75. The molecule has 0 saturated carbocycles. The molecule has 0 aliphatic heterocycles. The van der Waals surface area contributed by atoms with Gasteiger partial charge in [0.2, 0.25) is 0 Å². The molecule has 4 heteroatoms. The fraction of sp³-hybridized carbons (Fsp3) is 0.533. The van der Waals surface area contributed by atoms with Gasteiger partial charge < -0.3 is 9.30 Å². The van der Waals surface area contributed by atoms with Gasteiger partial charge >= 0.3 is 0 Å². The molecule has 0 aliphatic carbocycles. The Labute approximate surface area is 119 Å². The number of nitrogens with zero attached hydrogens (tertiary/aromatic N) is 2. The van der Waals surface area contributed by atoms with E-state index in [-0.39, 0.29) is 5.38 Å². The van der Waals surface area contributed by atoms with Crippen LogP contribution in [0.25, 0.3) is 11.0 Å². The summed E-state index contributed by atoms with van der Waals surface area (Å²) in [6, 6.07) is 8.22. The maximum Gasteiger partial charge on any atom is 0.127 e. The average molecular weight is 281 g/mol. The molecular weight excluding hydrogens is 260 g/mol. The SMILES string of the molecule is COCCCCCn1c(C(C)Cl)nc2ccccc21. The van der Waals surface area contributed by atoms with Gasteiger partial charge in [-0.2, -0.15) is 0 Å². The summed E-state index contributed by atoms with van der Waals surface area (Å²) in [6.45, 7) is 3.78. The maximum absolute atomic E-state index is 6.24. The number of fused-ring (bicyclic) bond motifs is 1. The van der Waals surface area contributed by atoms with Crippen LogP contribution in [-0.2, 0) is 11.3 Å². The van der Waals surface area contributed by atoms with E-state index in [0.29, 0.717) is 0 Å². The monoisotopic (exact) mass is 280 g/mol. The van der Waals surface area contributed by atoms with E-state index in [0.717, 1.165) is 43.8 Å². The van der Waals surface area contributed by atoms with Crippen LogP contribution >= 0.6 is 11.6 Å². The lowest BCUT2D eigenvalue weighted by Crippen LogP contribution is -2.05. The van der Waals surface area contributed by atoms with Crippen LogP contribution in [0.2, 0.25) is 0 Å². The lowest BCUT2D eigenvalue weighted by Gasteiger charge is -2.10. The van der Waals surface area contributed by atoms with E-state index in [1.165, 1.54) is 5.52 Å². The fourth-order valence-electron chi connectivity index (χ4n) is 2.33. The number of hydrogen-bond acceptors (Lipinski definition) is 2. The smallest absolute Gasteiger partial charge is 0.127 e. The summed E-state index contributed by atoms with van der Waals surface area (Å²) in [6.07, 6.45) is 3.39. The van der Waals surface area contributed by atoms with Crippen molar-refractivity contribution in [2.45, 2.75) is 38.1 Å². The van der Waals surface area contributed by atoms with Crippen molar-refractivity contribution in [2.24, 2.45) is 0 Å². The van der Waals surface area contributed by atoms with Crippen LogP contribution in [0.4, 0.5) is 0 Å². The highest BCUT2D eigenvalue weighted by Gasteiger charge is 2.13. The minimum atomic E-state index is -0.0635. The number of unbranched alkanes of at least 4 members (excludes halogenated alkanes) is 2. The molecule has 0 spiro atoms. The lowest BCUT2D eigenvalue weighted by atomic mass is 10.2. The summed E-state index contributed by atoms with van der Waals surface area (Å²) >= 11 is 6.24. The van der Waals surface area contributed by atoms with Crippen LogP contribution in [-0.4, -0.2) is 23.3 Å². The highest BCUT2D eigenvalue weighted by atomic mass is 35.5. The van der Waals surface area contributed by atoms with Crippen molar-refractivity contribution >= 4 is 22.6 Å². The molecular formula is C15H21ClN2O. The summed E-state index contributed by atoms with van der Waals surface area (Å²) < 4.78 is 7.32. The second-order valence-corrected chi connectivity index (χ2v) is 5.43. The molecule has 1 aromatic carbocycles. The first-order valence-corrected chi connectivity index (χ1v) is 7.26. The first-order chi connectivity index (χ1) is 9.24. The van der Waals surface area contributed by atoms with Crippen molar-refractivity contribution in [1.29, 1.82) is 0 Å². The van der Waals surface area contributed by atoms with E-state index in [1.54, 1.807) is 7.11 Å². The van der Waals surface area contributed by atoms with Crippen LogP contribution in [0.15, 0.2) is 24.3 Å². The predicted molar refractivity (Wildman–Crippen MR) is 79.7 cm³/mol. The zero-order chi connectivity index (χ0) is 13.7. The number of halogens is 1. The van der Waals surface area contributed by atoms with Gasteiger partial charge in [0.05, 0.1) is 16.4 Å². The molecule has 0 N–H and O–H groups in total. The van der Waals surface area contributed by atoms with Gasteiger partial charge in [0.15, 0.2) is 0 Å². The normalized spacial score (nSPS) is 13.0. The topological polar surface area (TPSA) is 27.1 Å². The molecule has 19 heavy (non-hydrogen) atoms. The Kier molecular flexibility index (Phi) is 5.23. The van der Waals surface area contributed by atoms with E-state index in [9.17, 15) is 0 Å². The van der Waals surface area contributed by atoms with Crippen LogP contribution in [0.5, 0.6) is 0 Å². The molecule has 0 saturated heterocycles. The van der Waals surface area contributed by atoms with E-state index in [4.69, 9.17) is 16.3 Å². The molecule has 104 valence electrons. The number of benzene rings is 1. The zero-order valence-electron chi connectivity index (χ0n) is 11.6. The van der Waals surface area contributed by atoms with Gasteiger partial charge in [-0.05, 0) is 38.3 Å². The first-order valence-electron chi connectivity index (χ1n) is 6.82. The largest absolute Gasteiger partial charge is 0.385 e. The van der Waals surface area contributed by atoms with Gasteiger partial charge in [-0.3, -0.25) is 0 Å². The number of imidazole rings is 1. The Morgan fingerprint density at radius 3 is 2.79 bits per heavy atom. The lowest BCUT2D eigenvalue weighted by molar-refractivity contribution is 0.191. The Morgan fingerprint density at radius 2 is 2.05 bits per heavy atom. The highest BCUT2D eigenvalue weighted by Crippen LogP contribution is 2.24. The summed E-state index contributed by atoms with van der Waals surface area (Å²) in [5, 5.41) is -0.0635. The van der Waals surface area contributed by atoms with E-state index < -0.39 is 0 Å². The minimum Gasteiger partial charge on any atom is -0.385 e.